The fourth-order valence-corrected chi connectivity index (χ4v) is 1.37. The first kappa shape index (κ1) is 11.6. The van der Waals surface area contributed by atoms with E-state index in [0.717, 1.165) is 5.56 Å². The van der Waals surface area contributed by atoms with Crippen LogP contribution in [0.1, 0.15) is 12.5 Å². The number of benzene rings is 1. The number of rotatable bonds is 2. The largest absolute Gasteiger partial charge is 0.302 e. The number of thiocarbonyl (C=S) groups is 1. The third kappa shape index (κ3) is 2.73. The molecule has 0 N–H and O–H groups in total. The highest BCUT2D eigenvalue weighted by Crippen LogP contribution is 2.07. The molecule has 0 aromatic heterocycles. The first-order valence-electron chi connectivity index (χ1n) is 4.57. The van der Waals surface area contributed by atoms with Crippen LogP contribution in [-0.4, -0.2) is 22.8 Å². The van der Waals surface area contributed by atoms with E-state index in [0.29, 0.717) is 10.6 Å². The van der Waals surface area contributed by atoms with E-state index >= 15 is 0 Å². The van der Waals surface area contributed by atoms with Gasteiger partial charge in [0.1, 0.15) is 4.99 Å². The number of nitrogens with zero attached hydrogens (tertiary/aromatic N) is 1. The minimum atomic E-state index is -0.149. The molecule has 1 aromatic carbocycles. The first-order chi connectivity index (χ1) is 7.04. The van der Waals surface area contributed by atoms with Gasteiger partial charge in [0.05, 0.1) is 0 Å². The molecule has 0 saturated carbocycles. The Morgan fingerprint density at radius 1 is 1.33 bits per heavy atom. The molecule has 0 aliphatic carbocycles. The summed E-state index contributed by atoms with van der Waals surface area (Å²) in [5.41, 5.74) is 1.35. The van der Waals surface area contributed by atoms with Crippen LogP contribution < -0.4 is 0 Å². The molecule has 0 spiro atoms. The number of amides is 1. The first-order valence-corrected chi connectivity index (χ1v) is 4.98. The lowest BCUT2D eigenvalue weighted by Crippen LogP contribution is -2.32. The smallest absolute Gasteiger partial charge is 0.253 e. The van der Waals surface area contributed by atoms with E-state index in [1.807, 2.05) is 30.3 Å². The fraction of sp³-hybridized carbons (Fsp3) is 0.167. The quantitative estimate of drug-likeness (QED) is 0.562. The molecule has 0 radical (unpaired) electrons. The van der Waals surface area contributed by atoms with Crippen molar-refractivity contribution in [2.24, 2.45) is 0 Å². The van der Waals surface area contributed by atoms with Gasteiger partial charge in [-0.1, -0.05) is 49.1 Å². The summed E-state index contributed by atoms with van der Waals surface area (Å²) < 4.78 is 0. The van der Waals surface area contributed by atoms with Crippen LogP contribution in [0.25, 0.3) is 0 Å². The standard InChI is InChI=1S/C12H13NOS/c1-9(2)11(14)13(3)12(15)10-7-5-4-6-8-10/h4-8H,1H2,2-3H3. The second-order valence-electron chi connectivity index (χ2n) is 3.32. The van der Waals surface area contributed by atoms with Crippen molar-refractivity contribution in [1.82, 2.24) is 4.90 Å². The van der Waals surface area contributed by atoms with Crippen molar-refractivity contribution in [1.29, 1.82) is 0 Å². The van der Waals surface area contributed by atoms with E-state index in [4.69, 9.17) is 12.2 Å². The lowest BCUT2D eigenvalue weighted by Gasteiger charge is -2.18. The zero-order valence-electron chi connectivity index (χ0n) is 8.86. The highest BCUT2D eigenvalue weighted by atomic mass is 32.1. The molecular weight excluding hydrogens is 206 g/mol. The lowest BCUT2D eigenvalue weighted by molar-refractivity contribution is -0.122. The fourth-order valence-electron chi connectivity index (χ4n) is 1.15. The van der Waals surface area contributed by atoms with Crippen LogP contribution in [-0.2, 0) is 4.79 Å². The Kier molecular flexibility index (Phi) is 3.74. The van der Waals surface area contributed by atoms with Crippen LogP contribution in [0.5, 0.6) is 0 Å². The third-order valence-electron chi connectivity index (χ3n) is 2.00. The zero-order valence-corrected chi connectivity index (χ0v) is 9.67. The van der Waals surface area contributed by atoms with Gasteiger partial charge in [0.2, 0.25) is 0 Å². The minimum absolute atomic E-state index is 0.149. The summed E-state index contributed by atoms with van der Waals surface area (Å²) >= 11 is 5.20. The molecule has 0 saturated heterocycles. The molecule has 1 aromatic rings. The third-order valence-corrected chi connectivity index (χ3v) is 2.50. The SMILES string of the molecule is C=C(C)C(=O)N(C)C(=S)c1ccccc1. The topological polar surface area (TPSA) is 20.3 Å². The highest BCUT2D eigenvalue weighted by Gasteiger charge is 2.14. The molecular formula is C12H13NOS. The van der Waals surface area contributed by atoms with Crippen LogP contribution >= 0.6 is 12.2 Å². The number of carbonyl (C=O) groups excluding carboxylic acids is 1. The summed E-state index contributed by atoms with van der Waals surface area (Å²) in [6.45, 7) is 5.27. The maximum atomic E-state index is 11.6. The van der Waals surface area contributed by atoms with Crippen molar-refractivity contribution >= 4 is 23.1 Å². The van der Waals surface area contributed by atoms with Gasteiger partial charge < -0.3 is 4.90 Å². The summed E-state index contributed by atoms with van der Waals surface area (Å²) in [6, 6.07) is 9.45. The van der Waals surface area contributed by atoms with Crippen molar-refractivity contribution in [2.75, 3.05) is 7.05 Å². The van der Waals surface area contributed by atoms with Crippen molar-refractivity contribution in [3.8, 4) is 0 Å². The van der Waals surface area contributed by atoms with Crippen LogP contribution in [0.15, 0.2) is 42.5 Å². The van der Waals surface area contributed by atoms with Gasteiger partial charge in [-0.05, 0) is 6.92 Å². The molecule has 0 bridgehead atoms. The number of hydrogen-bond acceptors (Lipinski definition) is 2. The summed E-state index contributed by atoms with van der Waals surface area (Å²) in [7, 11) is 1.66. The van der Waals surface area contributed by atoms with Crippen LogP contribution in [0.2, 0.25) is 0 Å². The molecule has 0 heterocycles. The summed E-state index contributed by atoms with van der Waals surface area (Å²) in [5.74, 6) is -0.149. The van der Waals surface area contributed by atoms with Crippen molar-refractivity contribution in [2.45, 2.75) is 6.92 Å². The van der Waals surface area contributed by atoms with E-state index in [2.05, 4.69) is 6.58 Å². The van der Waals surface area contributed by atoms with Crippen molar-refractivity contribution in [3.05, 3.63) is 48.0 Å². The maximum Gasteiger partial charge on any atom is 0.253 e. The number of carbonyl (C=O) groups is 1. The Morgan fingerprint density at radius 3 is 2.33 bits per heavy atom. The van der Waals surface area contributed by atoms with Gasteiger partial charge in [0, 0.05) is 18.2 Å². The normalized spacial score (nSPS) is 9.47. The van der Waals surface area contributed by atoms with E-state index in [1.54, 1.807) is 14.0 Å². The molecule has 0 unspecified atom stereocenters. The predicted molar refractivity (Wildman–Crippen MR) is 65.7 cm³/mol. The van der Waals surface area contributed by atoms with Gasteiger partial charge in [-0.3, -0.25) is 4.79 Å². The van der Waals surface area contributed by atoms with E-state index in [9.17, 15) is 4.79 Å². The molecule has 3 heteroatoms. The summed E-state index contributed by atoms with van der Waals surface area (Å²) in [5, 5.41) is 0. The zero-order chi connectivity index (χ0) is 11.4. The average molecular weight is 219 g/mol. The van der Waals surface area contributed by atoms with E-state index in [1.165, 1.54) is 4.90 Å². The molecule has 0 fully saturated rings. The van der Waals surface area contributed by atoms with Crippen molar-refractivity contribution in [3.63, 3.8) is 0 Å². The van der Waals surface area contributed by atoms with Crippen LogP contribution in [0, 0.1) is 0 Å². The average Bonchev–Trinajstić information content (AvgIpc) is 2.27. The lowest BCUT2D eigenvalue weighted by atomic mass is 10.2. The van der Waals surface area contributed by atoms with E-state index in [-0.39, 0.29) is 5.91 Å². The summed E-state index contributed by atoms with van der Waals surface area (Å²) in [4.78, 5) is 13.6. The number of likely N-dealkylation sites (N-methyl/N-ethyl adjacent to an activating group) is 1. The molecule has 0 aliphatic heterocycles. The van der Waals surface area contributed by atoms with Gasteiger partial charge >= 0.3 is 0 Å². The Morgan fingerprint density at radius 2 is 1.87 bits per heavy atom. The molecule has 2 nitrogen and oxygen atoms in total. The van der Waals surface area contributed by atoms with Gasteiger partial charge in [0.25, 0.3) is 5.91 Å². The molecule has 78 valence electrons. The monoisotopic (exact) mass is 219 g/mol. The minimum Gasteiger partial charge on any atom is -0.302 e. The molecule has 1 amide bonds. The molecule has 0 aliphatic rings. The molecule has 0 atom stereocenters. The van der Waals surface area contributed by atoms with E-state index < -0.39 is 0 Å². The van der Waals surface area contributed by atoms with Crippen molar-refractivity contribution < 1.29 is 4.79 Å². The van der Waals surface area contributed by atoms with Crippen LogP contribution in [0.4, 0.5) is 0 Å². The Hall–Kier alpha value is -1.48. The highest BCUT2D eigenvalue weighted by molar-refractivity contribution is 7.80. The maximum absolute atomic E-state index is 11.6. The molecule has 1 rings (SSSR count). The summed E-state index contributed by atoms with van der Waals surface area (Å²) in [6.07, 6.45) is 0. The molecule has 15 heavy (non-hydrogen) atoms. The second kappa shape index (κ2) is 4.84. The van der Waals surface area contributed by atoms with Gasteiger partial charge in [-0.25, -0.2) is 0 Å². The van der Waals surface area contributed by atoms with Gasteiger partial charge in [0.15, 0.2) is 0 Å². The predicted octanol–water partition coefficient (Wildman–Crippen LogP) is 2.40. The second-order valence-corrected chi connectivity index (χ2v) is 3.70. The van der Waals surface area contributed by atoms with Gasteiger partial charge in [-0.15, -0.1) is 0 Å². The van der Waals surface area contributed by atoms with Crippen LogP contribution in [0.3, 0.4) is 0 Å². The Bertz CT molecular complexity index is 397. The van der Waals surface area contributed by atoms with Gasteiger partial charge in [-0.2, -0.15) is 0 Å². The Balaban J connectivity index is 2.87. The number of hydrogen-bond donors (Lipinski definition) is 0. The Labute approximate surface area is 95.2 Å².